The smallest absolute Gasteiger partial charge is 0.133 e. The minimum absolute atomic E-state index is 0.566. The molecular formula is C22H29N5. The number of para-hydroxylation sites is 2. The third kappa shape index (κ3) is 6.38. The van der Waals surface area contributed by atoms with Gasteiger partial charge in [-0.25, -0.2) is 4.99 Å². The molecule has 0 aliphatic carbocycles. The molecule has 0 saturated heterocycles. The maximum absolute atomic E-state index is 4.40. The second-order valence-electron chi connectivity index (χ2n) is 6.00. The van der Waals surface area contributed by atoms with Crippen LogP contribution in [-0.4, -0.2) is 39.2 Å². The molecule has 2 N–H and O–H groups in total. The summed E-state index contributed by atoms with van der Waals surface area (Å²) < 4.78 is 0. The van der Waals surface area contributed by atoms with Crippen LogP contribution in [0.25, 0.3) is 0 Å². The second kappa shape index (κ2) is 11.6. The summed E-state index contributed by atoms with van der Waals surface area (Å²) in [6.45, 7) is 12.6. The number of rotatable bonds is 10. The van der Waals surface area contributed by atoms with Crippen molar-refractivity contribution in [1.82, 2.24) is 5.32 Å². The Hall–Kier alpha value is -2.92. The van der Waals surface area contributed by atoms with Crippen LogP contribution in [0.15, 0.2) is 82.6 Å². The first kappa shape index (κ1) is 20.4. The predicted molar refractivity (Wildman–Crippen MR) is 119 cm³/mol. The molecule has 0 radical (unpaired) electrons. The lowest BCUT2D eigenvalue weighted by Crippen LogP contribution is -2.32. The van der Waals surface area contributed by atoms with Crippen molar-refractivity contribution in [3.8, 4) is 0 Å². The van der Waals surface area contributed by atoms with Crippen LogP contribution in [0.5, 0.6) is 0 Å². The maximum Gasteiger partial charge on any atom is 0.133 e. The molecule has 2 rings (SSSR count). The van der Waals surface area contributed by atoms with E-state index in [1.807, 2.05) is 43.4 Å². The molecule has 0 fully saturated rings. The minimum atomic E-state index is 0.566. The standard InChI is InChI=1S/C22H29N5/c1-4-8-19(9-5-2)12-14-24-18-25-15-13-22(23-3)27-17-16-26-20-10-6-7-11-21(20)27/h4-11,13,15,24,26H,1,3,12,14,16-18H2,2H3/b9-5-,19-8+,22-13+,25-15-. The van der Waals surface area contributed by atoms with E-state index in [4.69, 9.17) is 0 Å². The van der Waals surface area contributed by atoms with Crippen LogP contribution in [0.1, 0.15) is 13.3 Å². The average molecular weight is 364 g/mol. The van der Waals surface area contributed by atoms with Gasteiger partial charge in [0.2, 0.25) is 0 Å². The van der Waals surface area contributed by atoms with Crippen molar-refractivity contribution in [3.63, 3.8) is 0 Å². The lowest BCUT2D eigenvalue weighted by molar-refractivity contribution is 0.705. The molecule has 142 valence electrons. The first-order chi connectivity index (χ1) is 13.3. The molecule has 0 spiro atoms. The fraction of sp³-hybridized carbons (Fsp3) is 0.273. The third-order valence-electron chi connectivity index (χ3n) is 4.12. The Kier molecular flexibility index (Phi) is 8.80. The Balaban J connectivity index is 1.86. The van der Waals surface area contributed by atoms with Gasteiger partial charge in [-0.1, -0.05) is 43.0 Å². The summed E-state index contributed by atoms with van der Waals surface area (Å²) in [5, 5.41) is 6.71. The van der Waals surface area contributed by atoms with Crippen molar-refractivity contribution >= 4 is 24.3 Å². The number of hydrogen-bond donors (Lipinski definition) is 2. The van der Waals surface area contributed by atoms with E-state index >= 15 is 0 Å². The maximum atomic E-state index is 4.40. The molecule has 27 heavy (non-hydrogen) atoms. The Morgan fingerprint density at radius 2 is 2.19 bits per heavy atom. The molecule has 1 heterocycles. The van der Waals surface area contributed by atoms with Gasteiger partial charge in [0.1, 0.15) is 5.82 Å². The molecule has 1 aliphatic rings. The predicted octanol–water partition coefficient (Wildman–Crippen LogP) is 4.16. The van der Waals surface area contributed by atoms with E-state index in [0.29, 0.717) is 6.67 Å². The van der Waals surface area contributed by atoms with Crippen LogP contribution in [0.2, 0.25) is 0 Å². The van der Waals surface area contributed by atoms with Gasteiger partial charge >= 0.3 is 0 Å². The quantitative estimate of drug-likeness (QED) is 0.373. The van der Waals surface area contributed by atoms with Gasteiger partial charge in [0.05, 0.1) is 18.0 Å². The zero-order chi connectivity index (χ0) is 19.3. The Labute approximate surface area is 162 Å². The van der Waals surface area contributed by atoms with E-state index in [2.05, 4.69) is 57.0 Å². The lowest BCUT2D eigenvalue weighted by atomic mass is 10.1. The summed E-state index contributed by atoms with van der Waals surface area (Å²) in [5.74, 6) is 0.803. The lowest BCUT2D eigenvalue weighted by Gasteiger charge is -2.31. The number of anilines is 2. The number of aliphatic imine (C=N–C) groups is 2. The zero-order valence-electron chi connectivity index (χ0n) is 16.1. The van der Waals surface area contributed by atoms with Crippen molar-refractivity contribution in [3.05, 3.63) is 72.6 Å². The van der Waals surface area contributed by atoms with Crippen LogP contribution in [0.3, 0.4) is 0 Å². The summed E-state index contributed by atoms with van der Waals surface area (Å²) in [6.07, 6.45) is 12.6. The first-order valence-corrected chi connectivity index (χ1v) is 9.22. The number of fused-ring (bicyclic) bond motifs is 1. The number of nitrogens with one attached hydrogen (secondary N) is 2. The van der Waals surface area contributed by atoms with E-state index in [9.17, 15) is 0 Å². The molecule has 0 unspecified atom stereocenters. The highest BCUT2D eigenvalue weighted by molar-refractivity contribution is 5.78. The summed E-state index contributed by atoms with van der Waals surface area (Å²) in [4.78, 5) is 10.7. The monoisotopic (exact) mass is 363 g/mol. The summed E-state index contributed by atoms with van der Waals surface area (Å²) in [5.41, 5.74) is 3.47. The van der Waals surface area contributed by atoms with Crippen LogP contribution >= 0.6 is 0 Å². The minimum Gasteiger partial charge on any atom is -0.382 e. The highest BCUT2D eigenvalue weighted by Gasteiger charge is 2.18. The first-order valence-electron chi connectivity index (χ1n) is 9.22. The van der Waals surface area contributed by atoms with E-state index in [0.717, 1.165) is 43.3 Å². The summed E-state index contributed by atoms with van der Waals surface area (Å²) >= 11 is 0. The van der Waals surface area contributed by atoms with Crippen LogP contribution in [-0.2, 0) is 0 Å². The van der Waals surface area contributed by atoms with Gasteiger partial charge < -0.3 is 10.2 Å². The molecule has 0 aromatic heterocycles. The fourth-order valence-corrected chi connectivity index (χ4v) is 2.88. The average Bonchev–Trinajstić information content (AvgIpc) is 2.70. The summed E-state index contributed by atoms with van der Waals surface area (Å²) in [6, 6.07) is 8.21. The van der Waals surface area contributed by atoms with Crippen LogP contribution in [0, 0.1) is 0 Å². The molecule has 0 bridgehead atoms. The third-order valence-corrected chi connectivity index (χ3v) is 4.12. The number of allylic oxidation sites excluding steroid dienone is 5. The molecule has 1 aromatic carbocycles. The van der Waals surface area contributed by atoms with Gasteiger partial charge in [-0.3, -0.25) is 10.3 Å². The largest absolute Gasteiger partial charge is 0.382 e. The van der Waals surface area contributed by atoms with Gasteiger partial charge in [-0.15, -0.1) is 0 Å². The normalized spacial score (nSPS) is 15.1. The van der Waals surface area contributed by atoms with E-state index in [1.54, 1.807) is 6.21 Å². The number of nitrogens with zero attached hydrogens (tertiary/aromatic N) is 3. The molecule has 0 amide bonds. The molecule has 0 saturated carbocycles. The van der Waals surface area contributed by atoms with E-state index in [1.165, 1.54) is 5.57 Å². The zero-order valence-corrected chi connectivity index (χ0v) is 16.1. The molecule has 0 atom stereocenters. The highest BCUT2D eigenvalue weighted by atomic mass is 15.3. The Morgan fingerprint density at radius 1 is 1.33 bits per heavy atom. The Morgan fingerprint density at radius 3 is 2.96 bits per heavy atom. The highest BCUT2D eigenvalue weighted by Crippen LogP contribution is 2.31. The fourth-order valence-electron chi connectivity index (χ4n) is 2.88. The van der Waals surface area contributed by atoms with Gasteiger partial charge in [0, 0.05) is 25.8 Å². The topological polar surface area (TPSA) is 52.0 Å². The second-order valence-corrected chi connectivity index (χ2v) is 6.00. The van der Waals surface area contributed by atoms with Crippen molar-refractivity contribution < 1.29 is 0 Å². The SMILES string of the molecule is C=C/C=C(\C=C/C)CCNC/N=C\C=C(/N=C)N1CCNc2ccccc21. The van der Waals surface area contributed by atoms with Gasteiger partial charge in [0.15, 0.2) is 0 Å². The van der Waals surface area contributed by atoms with Crippen LogP contribution < -0.4 is 15.5 Å². The molecular weight excluding hydrogens is 334 g/mol. The van der Waals surface area contributed by atoms with Crippen LogP contribution in [0.4, 0.5) is 11.4 Å². The molecule has 1 aromatic rings. The molecule has 1 aliphatic heterocycles. The Bertz CT molecular complexity index is 743. The van der Waals surface area contributed by atoms with E-state index < -0.39 is 0 Å². The molecule has 5 heteroatoms. The van der Waals surface area contributed by atoms with Crippen molar-refractivity contribution in [1.29, 1.82) is 0 Å². The van der Waals surface area contributed by atoms with Gasteiger partial charge in [0.25, 0.3) is 0 Å². The number of benzene rings is 1. The van der Waals surface area contributed by atoms with Crippen molar-refractivity contribution in [2.45, 2.75) is 13.3 Å². The van der Waals surface area contributed by atoms with E-state index in [-0.39, 0.29) is 0 Å². The van der Waals surface area contributed by atoms with Gasteiger partial charge in [-0.05, 0) is 43.8 Å². The summed E-state index contributed by atoms with van der Waals surface area (Å²) in [7, 11) is 0. The molecule has 5 nitrogen and oxygen atoms in total. The van der Waals surface area contributed by atoms with Gasteiger partial charge in [-0.2, -0.15) is 0 Å². The van der Waals surface area contributed by atoms with Crippen molar-refractivity contribution in [2.24, 2.45) is 9.98 Å². The van der Waals surface area contributed by atoms with Crippen molar-refractivity contribution in [2.75, 3.05) is 36.5 Å². The number of hydrogen-bond acceptors (Lipinski definition) is 5.